The minimum absolute atomic E-state index is 0.232. The van der Waals surface area contributed by atoms with Crippen LogP contribution in [-0.4, -0.2) is 49.1 Å². The van der Waals surface area contributed by atoms with Gasteiger partial charge in [-0.25, -0.2) is 12.4 Å². The summed E-state index contributed by atoms with van der Waals surface area (Å²) in [6, 6.07) is 16.8. The van der Waals surface area contributed by atoms with Gasteiger partial charge in [0, 0.05) is 24.9 Å². The van der Waals surface area contributed by atoms with Gasteiger partial charge in [0.15, 0.2) is 0 Å². The Kier molecular flexibility index (Phi) is 5.32. The molecule has 0 aliphatic carbocycles. The maximum atomic E-state index is 12.4. The highest BCUT2D eigenvalue weighted by Crippen LogP contribution is 2.30. The fourth-order valence-electron chi connectivity index (χ4n) is 3.80. The van der Waals surface area contributed by atoms with Gasteiger partial charge in [-0.05, 0) is 54.8 Å². The number of aromatic nitrogens is 1. The molecule has 1 aliphatic rings. The van der Waals surface area contributed by atoms with Gasteiger partial charge in [-0.2, -0.15) is 0 Å². The van der Waals surface area contributed by atoms with Crippen molar-refractivity contribution in [3.05, 3.63) is 54.6 Å². The van der Waals surface area contributed by atoms with E-state index in [1.807, 2.05) is 59.5 Å². The molecular weight excluding hydrogens is 388 g/mol. The van der Waals surface area contributed by atoms with Crippen LogP contribution >= 0.6 is 0 Å². The number of likely N-dealkylation sites (tertiary alicyclic amines) is 1. The Balaban J connectivity index is 1.47. The monoisotopic (exact) mass is 412 g/mol. The summed E-state index contributed by atoms with van der Waals surface area (Å²) in [5.41, 5.74) is 2.11. The quantitative estimate of drug-likeness (QED) is 0.557. The topological polar surface area (TPSA) is 68.6 Å². The SMILES string of the molecule is CS(=O)(=O)n1c(-c2ccc(OCCCN3CCCC3=O)cc2)cc2ccccc21. The molecule has 0 unspecified atom stereocenters. The summed E-state index contributed by atoms with van der Waals surface area (Å²) in [4.78, 5) is 13.5. The Morgan fingerprint density at radius 3 is 2.52 bits per heavy atom. The lowest BCUT2D eigenvalue weighted by Crippen LogP contribution is -2.26. The van der Waals surface area contributed by atoms with Gasteiger partial charge in [0.25, 0.3) is 0 Å². The first-order valence-corrected chi connectivity index (χ1v) is 11.6. The summed E-state index contributed by atoms with van der Waals surface area (Å²) < 4.78 is 31.9. The highest BCUT2D eigenvalue weighted by atomic mass is 32.2. The minimum Gasteiger partial charge on any atom is -0.494 e. The minimum atomic E-state index is -3.45. The first-order chi connectivity index (χ1) is 13.9. The number of hydrogen-bond donors (Lipinski definition) is 0. The van der Waals surface area contributed by atoms with Gasteiger partial charge < -0.3 is 9.64 Å². The number of fused-ring (bicyclic) bond motifs is 1. The maximum Gasteiger partial charge on any atom is 0.236 e. The van der Waals surface area contributed by atoms with E-state index >= 15 is 0 Å². The van der Waals surface area contributed by atoms with Crippen molar-refractivity contribution >= 4 is 26.8 Å². The molecule has 29 heavy (non-hydrogen) atoms. The summed E-state index contributed by atoms with van der Waals surface area (Å²) in [6.07, 6.45) is 3.61. The standard InChI is InChI=1S/C22H24N2O4S/c1-29(26,27)24-20-7-3-2-6-18(20)16-21(24)17-9-11-19(12-10-17)28-15-5-14-23-13-4-8-22(23)25/h2-3,6-7,9-12,16H,4-5,8,13-15H2,1H3. The fourth-order valence-corrected chi connectivity index (χ4v) is 4.83. The first kappa shape index (κ1) is 19.5. The number of carbonyl (C=O) groups excluding carboxylic acids is 1. The van der Waals surface area contributed by atoms with Crippen LogP contribution in [-0.2, 0) is 14.8 Å². The van der Waals surface area contributed by atoms with E-state index in [-0.39, 0.29) is 5.91 Å². The zero-order chi connectivity index (χ0) is 20.4. The van der Waals surface area contributed by atoms with Crippen LogP contribution in [0.25, 0.3) is 22.2 Å². The van der Waals surface area contributed by atoms with Crippen LogP contribution < -0.4 is 4.74 Å². The molecule has 1 fully saturated rings. The van der Waals surface area contributed by atoms with E-state index in [1.165, 1.54) is 10.2 Å². The van der Waals surface area contributed by atoms with Gasteiger partial charge in [0.2, 0.25) is 15.9 Å². The number of amides is 1. The number of hydrogen-bond acceptors (Lipinski definition) is 4. The summed E-state index contributed by atoms with van der Waals surface area (Å²) in [6.45, 7) is 2.11. The van der Waals surface area contributed by atoms with E-state index in [0.29, 0.717) is 24.2 Å². The lowest BCUT2D eigenvalue weighted by molar-refractivity contribution is -0.127. The van der Waals surface area contributed by atoms with Crippen molar-refractivity contribution in [3.8, 4) is 17.0 Å². The van der Waals surface area contributed by atoms with E-state index in [1.54, 1.807) is 0 Å². The molecule has 6 nitrogen and oxygen atoms in total. The number of ether oxygens (including phenoxy) is 1. The van der Waals surface area contributed by atoms with E-state index in [0.717, 1.165) is 42.6 Å². The predicted molar refractivity (Wildman–Crippen MR) is 114 cm³/mol. The van der Waals surface area contributed by atoms with E-state index in [4.69, 9.17) is 4.74 Å². The molecule has 1 saturated heterocycles. The van der Waals surface area contributed by atoms with Crippen LogP contribution in [0.5, 0.6) is 5.75 Å². The molecule has 0 bridgehead atoms. The van der Waals surface area contributed by atoms with Gasteiger partial charge in [0.1, 0.15) is 5.75 Å². The summed E-state index contributed by atoms with van der Waals surface area (Å²) in [5, 5.41) is 0.879. The van der Waals surface area contributed by atoms with Crippen LogP contribution in [0.4, 0.5) is 0 Å². The van der Waals surface area contributed by atoms with Crippen molar-refractivity contribution in [1.82, 2.24) is 8.87 Å². The van der Waals surface area contributed by atoms with Crippen LogP contribution in [0.1, 0.15) is 19.3 Å². The highest BCUT2D eigenvalue weighted by Gasteiger charge is 2.19. The van der Waals surface area contributed by atoms with Gasteiger partial charge >= 0.3 is 0 Å². The number of carbonyl (C=O) groups is 1. The summed E-state index contributed by atoms with van der Waals surface area (Å²) in [5.74, 6) is 0.958. The second-order valence-electron chi connectivity index (χ2n) is 7.33. The predicted octanol–water partition coefficient (Wildman–Crippen LogP) is 3.51. The molecule has 1 aliphatic heterocycles. The van der Waals surface area contributed by atoms with Gasteiger partial charge in [-0.15, -0.1) is 0 Å². The molecule has 0 N–H and O–H groups in total. The molecule has 2 heterocycles. The molecule has 0 radical (unpaired) electrons. The van der Waals surface area contributed by atoms with Crippen LogP contribution in [0, 0.1) is 0 Å². The van der Waals surface area contributed by atoms with Crippen molar-refractivity contribution in [2.24, 2.45) is 0 Å². The molecule has 0 saturated carbocycles. The second kappa shape index (κ2) is 7.91. The Labute approximate surface area is 170 Å². The second-order valence-corrected chi connectivity index (χ2v) is 9.16. The smallest absolute Gasteiger partial charge is 0.236 e. The average Bonchev–Trinajstić information content (AvgIpc) is 3.29. The molecule has 1 amide bonds. The molecule has 152 valence electrons. The third kappa shape index (κ3) is 4.15. The van der Waals surface area contributed by atoms with Crippen molar-refractivity contribution in [2.75, 3.05) is 26.0 Å². The Hall–Kier alpha value is -2.80. The third-order valence-corrected chi connectivity index (χ3v) is 6.22. The van der Waals surface area contributed by atoms with Gasteiger partial charge in [0.05, 0.1) is 24.1 Å². The number of para-hydroxylation sites is 1. The highest BCUT2D eigenvalue weighted by molar-refractivity contribution is 7.89. The molecule has 4 rings (SSSR count). The molecule has 1 aromatic heterocycles. The molecule has 3 aromatic rings. The van der Waals surface area contributed by atoms with Crippen LogP contribution in [0.2, 0.25) is 0 Å². The zero-order valence-electron chi connectivity index (χ0n) is 16.4. The molecule has 7 heteroatoms. The van der Waals surface area contributed by atoms with Crippen molar-refractivity contribution in [3.63, 3.8) is 0 Å². The number of nitrogens with zero attached hydrogens (tertiary/aromatic N) is 2. The summed E-state index contributed by atoms with van der Waals surface area (Å²) in [7, 11) is -3.45. The molecule has 2 aromatic carbocycles. The van der Waals surface area contributed by atoms with Crippen molar-refractivity contribution in [1.29, 1.82) is 0 Å². The Morgan fingerprint density at radius 1 is 1.07 bits per heavy atom. The molecular formula is C22H24N2O4S. The molecule has 0 spiro atoms. The first-order valence-electron chi connectivity index (χ1n) is 9.75. The fraction of sp³-hybridized carbons (Fsp3) is 0.318. The van der Waals surface area contributed by atoms with Crippen LogP contribution in [0.15, 0.2) is 54.6 Å². The lowest BCUT2D eigenvalue weighted by atomic mass is 10.1. The number of benzene rings is 2. The van der Waals surface area contributed by atoms with Crippen molar-refractivity contribution < 1.29 is 17.9 Å². The Morgan fingerprint density at radius 2 is 1.83 bits per heavy atom. The van der Waals surface area contributed by atoms with E-state index in [9.17, 15) is 13.2 Å². The third-order valence-electron chi connectivity index (χ3n) is 5.16. The average molecular weight is 413 g/mol. The van der Waals surface area contributed by atoms with E-state index < -0.39 is 10.0 Å². The van der Waals surface area contributed by atoms with Crippen molar-refractivity contribution in [2.45, 2.75) is 19.3 Å². The lowest BCUT2D eigenvalue weighted by Gasteiger charge is -2.15. The normalized spacial score (nSPS) is 14.7. The summed E-state index contributed by atoms with van der Waals surface area (Å²) >= 11 is 0. The molecule has 0 atom stereocenters. The van der Waals surface area contributed by atoms with Crippen LogP contribution in [0.3, 0.4) is 0 Å². The Bertz CT molecular complexity index is 1130. The number of rotatable bonds is 7. The maximum absolute atomic E-state index is 12.4. The van der Waals surface area contributed by atoms with Gasteiger partial charge in [-0.3, -0.25) is 4.79 Å². The zero-order valence-corrected chi connectivity index (χ0v) is 17.2. The van der Waals surface area contributed by atoms with Gasteiger partial charge in [-0.1, -0.05) is 18.2 Å². The largest absolute Gasteiger partial charge is 0.494 e. The van der Waals surface area contributed by atoms with E-state index in [2.05, 4.69) is 0 Å².